The van der Waals surface area contributed by atoms with Crippen molar-refractivity contribution in [2.24, 2.45) is 17.8 Å². The lowest BCUT2D eigenvalue weighted by Gasteiger charge is -2.40. The van der Waals surface area contributed by atoms with Gasteiger partial charge in [-0.3, -0.25) is 9.59 Å². The summed E-state index contributed by atoms with van der Waals surface area (Å²) < 4.78 is 0. The Morgan fingerprint density at radius 3 is 2.65 bits per heavy atom. The van der Waals surface area contributed by atoms with Gasteiger partial charge in [0.15, 0.2) is 0 Å². The average Bonchev–Trinajstić information content (AvgIpc) is 2.86. The minimum Gasteiger partial charge on any atom is -0.481 e. The maximum absolute atomic E-state index is 12.2. The highest BCUT2D eigenvalue weighted by atomic mass is 16.4. The molecule has 5 nitrogen and oxygen atoms in total. The maximum Gasteiger partial charge on any atom is 0.306 e. The number of nitrogens with one attached hydrogen (secondary N) is 2. The molecule has 2 aliphatic rings. The van der Waals surface area contributed by atoms with Crippen LogP contribution in [0.5, 0.6) is 0 Å². The zero-order valence-corrected chi connectivity index (χ0v) is 11.8. The molecule has 5 heteroatoms. The first-order chi connectivity index (χ1) is 9.45. The first kappa shape index (κ1) is 13.2. The van der Waals surface area contributed by atoms with Crippen LogP contribution in [0, 0.1) is 31.6 Å². The number of carboxylic acid groups (broad SMARTS) is 1. The molecule has 0 spiro atoms. The molecule has 2 saturated carbocycles. The van der Waals surface area contributed by atoms with Gasteiger partial charge < -0.3 is 15.4 Å². The van der Waals surface area contributed by atoms with E-state index in [-0.39, 0.29) is 17.9 Å². The van der Waals surface area contributed by atoms with E-state index in [2.05, 4.69) is 10.3 Å². The summed E-state index contributed by atoms with van der Waals surface area (Å²) in [4.78, 5) is 26.4. The Balaban J connectivity index is 1.62. The molecule has 0 aromatic carbocycles. The molecule has 0 bridgehead atoms. The zero-order valence-electron chi connectivity index (χ0n) is 11.8. The van der Waals surface area contributed by atoms with Crippen molar-refractivity contribution < 1.29 is 14.7 Å². The van der Waals surface area contributed by atoms with E-state index in [1.165, 1.54) is 0 Å². The summed E-state index contributed by atoms with van der Waals surface area (Å²) >= 11 is 0. The number of H-pyrrole nitrogens is 1. The molecule has 2 aliphatic carbocycles. The Morgan fingerprint density at radius 2 is 2.05 bits per heavy atom. The van der Waals surface area contributed by atoms with Crippen molar-refractivity contribution in [3.05, 3.63) is 23.0 Å². The van der Waals surface area contributed by atoms with Gasteiger partial charge in [0, 0.05) is 17.4 Å². The predicted molar refractivity (Wildman–Crippen MR) is 73.5 cm³/mol. The molecule has 2 fully saturated rings. The van der Waals surface area contributed by atoms with Crippen LogP contribution in [0.25, 0.3) is 0 Å². The highest BCUT2D eigenvalue weighted by Crippen LogP contribution is 2.49. The normalized spacial score (nSPS) is 31.5. The van der Waals surface area contributed by atoms with E-state index < -0.39 is 5.97 Å². The molecule has 108 valence electrons. The number of aryl methyl sites for hydroxylation is 2. The van der Waals surface area contributed by atoms with Crippen LogP contribution in [0.1, 0.15) is 41.0 Å². The van der Waals surface area contributed by atoms with Gasteiger partial charge in [-0.05, 0) is 51.0 Å². The van der Waals surface area contributed by atoms with Crippen LogP contribution >= 0.6 is 0 Å². The number of hydrogen-bond acceptors (Lipinski definition) is 2. The molecule has 1 amide bonds. The molecule has 1 heterocycles. The topological polar surface area (TPSA) is 82.2 Å². The van der Waals surface area contributed by atoms with Crippen molar-refractivity contribution in [3.63, 3.8) is 0 Å². The van der Waals surface area contributed by atoms with Crippen LogP contribution in [0.15, 0.2) is 6.07 Å². The quantitative estimate of drug-likeness (QED) is 0.788. The summed E-state index contributed by atoms with van der Waals surface area (Å²) in [5.41, 5.74) is 2.55. The van der Waals surface area contributed by atoms with Crippen LogP contribution in [-0.2, 0) is 4.79 Å². The van der Waals surface area contributed by atoms with Crippen molar-refractivity contribution in [2.75, 3.05) is 0 Å². The summed E-state index contributed by atoms with van der Waals surface area (Å²) in [6.45, 7) is 3.82. The molecular formula is C15H20N2O3. The Labute approximate surface area is 117 Å². The number of carbonyl (C=O) groups is 2. The second-order valence-corrected chi connectivity index (χ2v) is 6.24. The maximum atomic E-state index is 12.2. The average molecular weight is 276 g/mol. The Kier molecular flexibility index (Phi) is 3.07. The molecular weight excluding hydrogens is 256 g/mol. The summed E-state index contributed by atoms with van der Waals surface area (Å²) in [7, 11) is 0. The second kappa shape index (κ2) is 4.65. The van der Waals surface area contributed by atoms with E-state index in [1.54, 1.807) is 0 Å². The van der Waals surface area contributed by atoms with Crippen molar-refractivity contribution in [1.29, 1.82) is 0 Å². The molecule has 1 aromatic heterocycles. The molecule has 3 rings (SSSR count). The molecule has 0 aliphatic heterocycles. The van der Waals surface area contributed by atoms with E-state index in [4.69, 9.17) is 5.11 Å². The summed E-state index contributed by atoms with van der Waals surface area (Å²) in [6.07, 6.45) is 2.40. The molecule has 0 saturated heterocycles. The van der Waals surface area contributed by atoms with Gasteiger partial charge in [-0.25, -0.2) is 0 Å². The van der Waals surface area contributed by atoms with E-state index in [0.29, 0.717) is 23.8 Å². The minimum absolute atomic E-state index is 0.0472. The first-order valence-corrected chi connectivity index (χ1v) is 7.15. The van der Waals surface area contributed by atoms with E-state index in [9.17, 15) is 9.59 Å². The van der Waals surface area contributed by atoms with Gasteiger partial charge in [-0.15, -0.1) is 0 Å². The fraction of sp³-hybridized carbons (Fsp3) is 0.600. The van der Waals surface area contributed by atoms with Crippen molar-refractivity contribution >= 4 is 11.9 Å². The number of amides is 1. The standard InChI is InChI=1S/C15H20N2O3/c1-7-3-11(8(2)16-7)14(18)17-13-6-9-4-10(15(19)20)5-12(9)13/h3,9-10,12-13,16H,4-6H2,1-2H3,(H,17,18)(H,19,20)/t9-,10?,12-,13+/m0/s1. The van der Waals surface area contributed by atoms with Gasteiger partial charge >= 0.3 is 5.97 Å². The summed E-state index contributed by atoms with van der Waals surface area (Å²) in [6, 6.07) is 2.00. The monoisotopic (exact) mass is 276 g/mol. The Bertz CT molecular complexity index is 563. The number of aromatic nitrogens is 1. The third-order valence-electron chi connectivity index (χ3n) is 4.88. The molecule has 4 atom stereocenters. The number of aromatic amines is 1. The van der Waals surface area contributed by atoms with Gasteiger partial charge in [-0.1, -0.05) is 0 Å². The van der Waals surface area contributed by atoms with Gasteiger partial charge in [0.1, 0.15) is 0 Å². The van der Waals surface area contributed by atoms with Gasteiger partial charge in [0.05, 0.1) is 11.5 Å². The number of hydrogen-bond donors (Lipinski definition) is 3. The van der Waals surface area contributed by atoms with Crippen LogP contribution in [0.4, 0.5) is 0 Å². The van der Waals surface area contributed by atoms with E-state index in [1.807, 2.05) is 19.9 Å². The SMILES string of the molecule is Cc1cc(C(=O)N[C@@H]2C[C@@H]3CC(C(=O)O)C[C@@H]32)c(C)[nH]1. The Hall–Kier alpha value is -1.78. The van der Waals surface area contributed by atoms with Gasteiger partial charge in [-0.2, -0.15) is 0 Å². The highest BCUT2D eigenvalue weighted by Gasteiger charge is 2.49. The second-order valence-electron chi connectivity index (χ2n) is 6.24. The third-order valence-corrected chi connectivity index (χ3v) is 4.88. The number of aliphatic carboxylic acids is 1. The van der Waals surface area contributed by atoms with E-state index in [0.717, 1.165) is 24.2 Å². The summed E-state index contributed by atoms with van der Waals surface area (Å²) in [5, 5.41) is 12.1. The van der Waals surface area contributed by atoms with Gasteiger partial charge in [0.25, 0.3) is 5.91 Å². The fourth-order valence-corrected chi connectivity index (χ4v) is 3.80. The van der Waals surface area contributed by atoms with Crippen molar-refractivity contribution in [3.8, 4) is 0 Å². The number of fused-ring (bicyclic) bond motifs is 1. The lowest BCUT2D eigenvalue weighted by molar-refractivity contribution is -0.141. The van der Waals surface area contributed by atoms with E-state index >= 15 is 0 Å². The highest BCUT2D eigenvalue weighted by molar-refractivity contribution is 5.95. The number of carbonyl (C=O) groups excluding carboxylic acids is 1. The molecule has 3 N–H and O–H groups in total. The molecule has 0 radical (unpaired) electrons. The van der Waals surface area contributed by atoms with Crippen LogP contribution in [-0.4, -0.2) is 28.0 Å². The number of rotatable bonds is 3. The fourth-order valence-electron chi connectivity index (χ4n) is 3.80. The van der Waals surface area contributed by atoms with Crippen LogP contribution < -0.4 is 5.32 Å². The third kappa shape index (κ3) is 2.11. The Morgan fingerprint density at radius 1 is 1.30 bits per heavy atom. The zero-order chi connectivity index (χ0) is 14.4. The molecule has 20 heavy (non-hydrogen) atoms. The molecule has 1 aromatic rings. The minimum atomic E-state index is -0.693. The van der Waals surface area contributed by atoms with Crippen LogP contribution in [0.2, 0.25) is 0 Å². The van der Waals surface area contributed by atoms with Crippen molar-refractivity contribution in [1.82, 2.24) is 10.3 Å². The smallest absolute Gasteiger partial charge is 0.306 e. The molecule has 1 unspecified atom stereocenters. The predicted octanol–water partition coefficient (Wildman–Crippen LogP) is 1.86. The first-order valence-electron chi connectivity index (χ1n) is 7.15. The number of carboxylic acids is 1. The van der Waals surface area contributed by atoms with Crippen molar-refractivity contribution in [2.45, 2.75) is 39.2 Å². The van der Waals surface area contributed by atoms with Gasteiger partial charge in [0.2, 0.25) is 0 Å². The summed E-state index contributed by atoms with van der Waals surface area (Å²) in [5.74, 6) is -0.130. The van der Waals surface area contributed by atoms with Crippen LogP contribution in [0.3, 0.4) is 0 Å². The largest absolute Gasteiger partial charge is 0.481 e. The lowest BCUT2D eigenvalue weighted by atomic mass is 9.71. The lowest BCUT2D eigenvalue weighted by Crippen LogP contribution is -2.50.